The van der Waals surface area contributed by atoms with Crippen molar-refractivity contribution in [1.82, 2.24) is 24.7 Å². The quantitative estimate of drug-likeness (QED) is 0.775. The van der Waals surface area contributed by atoms with Crippen molar-refractivity contribution in [2.24, 2.45) is 7.05 Å². The molecule has 0 radical (unpaired) electrons. The van der Waals surface area contributed by atoms with Crippen molar-refractivity contribution < 1.29 is 0 Å². The molecule has 0 aliphatic carbocycles. The normalized spacial score (nSPS) is 10.7. The van der Waals surface area contributed by atoms with Gasteiger partial charge in [0.2, 0.25) is 0 Å². The van der Waals surface area contributed by atoms with Gasteiger partial charge >= 0.3 is 0 Å². The van der Waals surface area contributed by atoms with E-state index < -0.39 is 0 Å². The second kappa shape index (κ2) is 5.08. The predicted molar refractivity (Wildman–Crippen MR) is 75.7 cm³/mol. The van der Waals surface area contributed by atoms with Crippen molar-refractivity contribution in [3.63, 3.8) is 0 Å². The Labute approximate surface area is 116 Å². The van der Waals surface area contributed by atoms with Gasteiger partial charge in [-0.25, -0.2) is 9.97 Å². The predicted octanol–water partition coefficient (Wildman–Crippen LogP) is 1.45. The number of rotatable bonds is 3. The largest absolute Gasteiger partial charge is 0.384 e. The molecule has 0 saturated carbocycles. The standard InChI is InChI=1S/C14H14N6/c1-20-9-11(8-17-20)12-6-13(15)19-14(18-12)5-10-3-2-4-16-7-10/h2-4,6-9H,5H2,1H3,(H2,15,18,19). The van der Waals surface area contributed by atoms with Crippen LogP contribution in [0, 0.1) is 0 Å². The monoisotopic (exact) mass is 266 g/mol. The topological polar surface area (TPSA) is 82.5 Å². The molecule has 0 saturated heterocycles. The van der Waals surface area contributed by atoms with Crippen LogP contribution in [-0.2, 0) is 13.5 Å². The minimum atomic E-state index is 0.456. The zero-order valence-corrected chi connectivity index (χ0v) is 11.1. The minimum Gasteiger partial charge on any atom is -0.384 e. The third kappa shape index (κ3) is 2.64. The first-order chi connectivity index (χ1) is 9.70. The molecule has 6 nitrogen and oxygen atoms in total. The molecule has 0 bridgehead atoms. The second-order valence-corrected chi connectivity index (χ2v) is 4.54. The van der Waals surface area contributed by atoms with Crippen LogP contribution in [0.15, 0.2) is 43.0 Å². The van der Waals surface area contributed by atoms with Crippen LogP contribution in [0.25, 0.3) is 11.3 Å². The van der Waals surface area contributed by atoms with E-state index in [0.29, 0.717) is 18.1 Å². The molecule has 0 atom stereocenters. The van der Waals surface area contributed by atoms with Crippen molar-refractivity contribution in [3.8, 4) is 11.3 Å². The fourth-order valence-corrected chi connectivity index (χ4v) is 1.98. The van der Waals surface area contributed by atoms with Crippen molar-refractivity contribution in [2.75, 3.05) is 5.73 Å². The SMILES string of the molecule is Cn1cc(-c2cc(N)nc(Cc3cccnc3)n2)cn1. The molecule has 20 heavy (non-hydrogen) atoms. The molecule has 2 N–H and O–H groups in total. The van der Waals surface area contributed by atoms with Crippen LogP contribution in [0.5, 0.6) is 0 Å². The Balaban J connectivity index is 1.95. The summed E-state index contributed by atoms with van der Waals surface area (Å²) in [5.74, 6) is 1.13. The highest BCUT2D eigenvalue weighted by molar-refractivity contribution is 5.60. The molecule has 0 fully saturated rings. The van der Waals surface area contributed by atoms with Crippen LogP contribution < -0.4 is 5.73 Å². The van der Waals surface area contributed by atoms with Crippen molar-refractivity contribution in [3.05, 3.63) is 54.4 Å². The Morgan fingerprint density at radius 1 is 1.25 bits per heavy atom. The number of hydrogen-bond donors (Lipinski definition) is 1. The summed E-state index contributed by atoms with van der Waals surface area (Å²) in [7, 11) is 1.87. The summed E-state index contributed by atoms with van der Waals surface area (Å²) < 4.78 is 1.73. The smallest absolute Gasteiger partial charge is 0.135 e. The third-order valence-electron chi connectivity index (χ3n) is 2.88. The van der Waals surface area contributed by atoms with Crippen molar-refractivity contribution >= 4 is 5.82 Å². The molecule has 0 amide bonds. The van der Waals surface area contributed by atoms with E-state index >= 15 is 0 Å². The lowest BCUT2D eigenvalue weighted by atomic mass is 10.2. The minimum absolute atomic E-state index is 0.456. The van der Waals surface area contributed by atoms with Crippen LogP contribution >= 0.6 is 0 Å². The third-order valence-corrected chi connectivity index (χ3v) is 2.88. The van der Waals surface area contributed by atoms with Gasteiger partial charge in [-0.1, -0.05) is 6.07 Å². The lowest BCUT2D eigenvalue weighted by Gasteiger charge is -2.04. The van der Waals surface area contributed by atoms with Gasteiger partial charge in [0.25, 0.3) is 0 Å². The molecule has 0 aliphatic rings. The van der Waals surface area contributed by atoms with Crippen LogP contribution in [0.4, 0.5) is 5.82 Å². The highest BCUT2D eigenvalue weighted by Crippen LogP contribution is 2.18. The van der Waals surface area contributed by atoms with Gasteiger partial charge in [0.05, 0.1) is 11.9 Å². The van der Waals surface area contributed by atoms with Gasteiger partial charge in [-0.05, 0) is 11.6 Å². The molecule has 0 spiro atoms. The van der Waals surface area contributed by atoms with Crippen LogP contribution in [-0.4, -0.2) is 24.7 Å². The number of nitrogen functional groups attached to an aromatic ring is 1. The molecule has 0 aromatic carbocycles. The molecular weight excluding hydrogens is 252 g/mol. The Hall–Kier alpha value is -2.76. The van der Waals surface area contributed by atoms with E-state index in [9.17, 15) is 0 Å². The molecule has 3 aromatic rings. The van der Waals surface area contributed by atoms with Gasteiger partial charge in [0.15, 0.2) is 0 Å². The summed E-state index contributed by atoms with van der Waals surface area (Å²) in [6.45, 7) is 0. The molecular formula is C14H14N6. The van der Waals surface area contributed by atoms with Crippen molar-refractivity contribution in [2.45, 2.75) is 6.42 Å². The summed E-state index contributed by atoms with van der Waals surface area (Å²) in [6.07, 6.45) is 7.80. The fourth-order valence-electron chi connectivity index (χ4n) is 1.98. The van der Waals surface area contributed by atoms with Crippen LogP contribution in [0.3, 0.4) is 0 Å². The number of hydrogen-bond acceptors (Lipinski definition) is 5. The summed E-state index contributed by atoms with van der Waals surface area (Å²) in [4.78, 5) is 12.9. The van der Waals surface area contributed by atoms with Gasteiger partial charge in [0.1, 0.15) is 11.6 Å². The molecule has 3 rings (SSSR count). The number of nitrogens with zero attached hydrogens (tertiary/aromatic N) is 5. The summed E-state index contributed by atoms with van der Waals surface area (Å²) in [5.41, 5.74) is 8.62. The Kier molecular flexibility index (Phi) is 3.12. The zero-order valence-electron chi connectivity index (χ0n) is 11.1. The van der Waals surface area contributed by atoms with Gasteiger partial charge in [-0.15, -0.1) is 0 Å². The van der Waals surface area contributed by atoms with Gasteiger partial charge in [0, 0.05) is 43.7 Å². The van der Waals surface area contributed by atoms with E-state index in [1.165, 1.54) is 0 Å². The average Bonchev–Trinajstić information content (AvgIpc) is 2.86. The number of aromatic nitrogens is 5. The number of nitrogens with two attached hydrogens (primary N) is 1. The van der Waals surface area contributed by atoms with Gasteiger partial charge in [-0.2, -0.15) is 5.10 Å². The maximum atomic E-state index is 5.86. The lowest BCUT2D eigenvalue weighted by molar-refractivity contribution is 0.768. The maximum Gasteiger partial charge on any atom is 0.135 e. The zero-order chi connectivity index (χ0) is 13.9. The fraction of sp³-hybridized carbons (Fsp3) is 0.143. The molecule has 6 heteroatoms. The molecule has 3 aromatic heterocycles. The van der Waals surface area contributed by atoms with Gasteiger partial charge < -0.3 is 5.73 Å². The van der Waals surface area contributed by atoms with Gasteiger partial charge in [-0.3, -0.25) is 9.67 Å². The van der Waals surface area contributed by atoms with E-state index in [4.69, 9.17) is 5.73 Å². The summed E-state index contributed by atoms with van der Waals surface area (Å²) >= 11 is 0. The highest BCUT2D eigenvalue weighted by atomic mass is 15.2. The maximum absolute atomic E-state index is 5.86. The molecule has 0 unspecified atom stereocenters. The van der Waals surface area contributed by atoms with E-state index in [-0.39, 0.29) is 0 Å². The van der Waals surface area contributed by atoms with Crippen LogP contribution in [0.1, 0.15) is 11.4 Å². The number of anilines is 1. The van der Waals surface area contributed by atoms with E-state index in [1.54, 1.807) is 29.3 Å². The van der Waals surface area contributed by atoms with E-state index in [0.717, 1.165) is 16.8 Å². The summed E-state index contributed by atoms with van der Waals surface area (Å²) in [5, 5.41) is 4.14. The molecule has 0 aliphatic heterocycles. The summed E-state index contributed by atoms with van der Waals surface area (Å²) in [6, 6.07) is 5.64. The first kappa shape index (κ1) is 12.3. The Morgan fingerprint density at radius 2 is 2.15 bits per heavy atom. The average molecular weight is 266 g/mol. The van der Waals surface area contributed by atoms with E-state index in [2.05, 4.69) is 20.1 Å². The second-order valence-electron chi connectivity index (χ2n) is 4.54. The molecule has 3 heterocycles. The number of aryl methyl sites for hydroxylation is 1. The Bertz CT molecular complexity index is 720. The first-order valence-electron chi connectivity index (χ1n) is 6.22. The Morgan fingerprint density at radius 3 is 2.85 bits per heavy atom. The van der Waals surface area contributed by atoms with Crippen LogP contribution in [0.2, 0.25) is 0 Å². The van der Waals surface area contributed by atoms with E-state index in [1.807, 2.05) is 25.4 Å². The van der Waals surface area contributed by atoms with Crippen molar-refractivity contribution in [1.29, 1.82) is 0 Å². The first-order valence-corrected chi connectivity index (χ1v) is 6.22. The lowest BCUT2D eigenvalue weighted by Crippen LogP contribution is -2.02. The molecule has 100 valence electrons. The number of pyridine rings is 1. The highest BCUT2D eigenvalue weighted by Gasteiger charge is 2.07.